The van der Waals surface area contributed by atoms with Crippen LogP contribution in [0.3, 0.4) is 0 Å². The van der Waals surface area contributed by atoms with Crippen molar-refractivity contribution in [2.75, 3.05) is 0 Å². The molecule has 0 N–H and O–H groups in total. The van der Waals surface area contributed by atoms with Gasteiger partial charge in [0.15, 0.2) is 0 Å². The number of aromatic nitrogens is 2. The van der Waals surface area contributed by atoms with E-state index in [9.17, 15) is 10.1 Å². The van der Waals surface area contributed by atoms with Crippen molar-refractivity contribution in [1.82, 2.24) is 10.2 Å². The topological polar surface area (TPSA) is 68.9 Å². The van der Waals surface area contributed by atoms with E-state index >= 15 is 0 Å². The lowest BCUT2D eigenvalue weighted by Gasteiger charge is -2.02. The van der Waals surface area contributed by atoms with E-state index in [0.717, 1.165) is 5.56 Å². The molecular formula is C9H6ClN3O2. The number of benzene rings is 1. The van der Waals surface area contributed by atoms with Crippen molar-refractivity contribution >= 4 is 28.2 Å². The van der Waals surface area contributed by atoms with E-state index in [0.29, 0.717) is 10.9 Å². The number of rotatable bonds is 1. The zero-order valence-electron chi connectivity index (χ0n) is 7.77. The van der Waals surface area contributed by atoms with Crippen LogP contribution in [0.25, 0.3) is 10.9 Å². The van der Waals surface area contributed by atoms with Crippen LogP contribution in [0.15, 0.2) is 18.3 Å². The van der Waals surface area contributed by atoms with Gasteiger partial charge in [0.2, 0.25) is 0 Å². The van der Waals surface area contributed by atoms with E-state index in [1.807, 2.05) is 0 Å². The molecule has 0 amide bonds. The Morgan fingerprint density at radius 2 is 2.20 bits per heavy atom. The second kappa shape index (κ2) is 3.43. The fourth-order valence-corrected chi connectivity index (χ4v) is 1.63. The van der Waals surface area contributed by atoms with Crippen molar-refractivity contribution in [3.63, 3.8) is 0 Å². The van der Waals surface area contributed by atoms with E-state index in [1.54, 1.807) is 13.0 Å². The summed E-state index contributed by atoms with van der Waals surface area (Å²) < 4.78 is 0. The molecule has 0 bridgehead atoms. The van der Waals surface area contributed by atoms with Gasteiger partial charge in [-0.3, -0.25) is 10.1 Å². The molecule has 15 heavy (non-hydrogen) atoms. The van der Waals surface area contributed by atoms with E-state index in [-0.39, 0.29) is 10.7 Å². The molecule has 5 nitrogen and oxygen atoms in total. The number of non-ortho nitro benzene ring substituents is 1. The SMILES string of the molecule is Cc1ccc([N+](=O)[O-])c2c(Cl)cnnc12. The highest BCUT2D eigenvalue weighted by Crippen LogP contribution is 2.31. The lowest BCUT2D eigenvalue weighted by Crippen LogP contribution is -1.94. The van der Waals surface area contributed by atoms with Gasteiger partial charge in [0.05, 0.1) is 16.1 Å². The zero-order chi connectivity index (χ0) is 11.0. The molecular weight excluding hydrogens is 218 g/mol. The third-order valence-electron chi connectivity index (χ3n) is 2.12. The van der Waals surface area contributed by atoms with Crippen LogP contribution >= 0.6 is 11.6 Å². The van der Waals surface area contributed by atoms with Gasteiger partial charge in [-0.15, -0.1) is 5.10 Å². The van der Waals surface area contributed by atoms with Crippen molar-refractivity contribution in [2.45, 2.75) is 6.92 Å². The smallest absolute Gasteiger partial charge is 0.258 e. The molecule has 0 atom stereocenters. The minimum Gasteiger partial charge on any atom is -0.258 e. The van der Waals surface area contributed by atoms with Crippen LogP contribution in [-0.2, 0) is 0 Å². The average molecular weight is 224 g/mol. The standard InChI is InChI=1S/C9H6ClN3O2/c1-5-2-3-7(13(14)15)8-6(10)4-11-12-9(5)8/h2-4H,1H3. The Balaban J connectivity index is 2.96. The predicted molar refractivity (Wildman–Crippen MR) is 55.9 cm³/mol. The van der Waals surface area contributed by atoms with Crippen molar-refractivity contribution < 1.29 is 4.92 Å². The highest BCUT2D eigenvalue weighted by atomic mass is 35.5. The fourth-order valence-electron chi connectivity index (χ4n) is 1.40. The normalized spacial score (nSPS) is 10.5. The van der Waals surface area contributed by atoms with E-state index in [1.165, 1.54) is 12.3 Å². The van der Waals surface area contributed by atoms with Crippen molar-refractivity contribution in [2.24, 2.45) is 0 Å². The highest BCUT2D eigenvalue weighted by molar-refractivity contribution is 6.36. The molecule has 0 aliphatic carbocycles. The number of nitrogens with zero attached hydrogens (tertiary/aromatic N) is 3. The molecule has 0 saturated heterocycles. The summed E-state index contributed by atoms with van der Waals surface area (Å²) in [6, 6.07) is 3.05. The minimum atomic E-state index is -0.477. The molecule has 2 rings (SSSR count). The first-order chi connectivity index (χ1) is 7.11. The van der Waals surface area contributed by atoms with Crippen molar-refractivity contribution in [3.8, 4) is 0 Å². The molecule has 0 fully saturated rings. The summed E-state index contributed by atoms with van der Waals surface area (Å²) in [5, 5.41) is 18.9. The number of aryl methyl sites for hydroxylation is 1. The number of hydrogen-bond acceptors (Lipinski definition) is 4. The number of hydrogen-bond donors (Lipinski definition) is 0. The van der Waals surface area contributed by atoms with Gasteiger partial charge in [-0.2, -0.15) is 5.10 Å². The molecule has 76 valence electrons. The molecule has 0 saturated carbocycles. The maximum Gasteiger partial charge on any atom is 0.280 e. The summed E-state index contributed by atoms with van der Waals surface area (Å²) in [6.07, 6.45) is 1.30. The van der Waals surface area contributed by atoms with Crippen LogP contribution in [0.5, 0.6) is 0 Å². The molecule has 0 unspecified atom stereocenters. The molecule has 6 heteroatoms. The molecule has 0 aliphatic heterocycles. The number of halogens is 1. The second-order valence-electron chi connectivity index (χ2n) is 3.07. The fraction of sp³-hybridized carbons (Fsp3) is 0.111. The Kier molecular flexibility index (Phi) is 2.24. The van der Waals surface area contributed by atoms with E-state index in [4.69, 9.17) is 11.6 Å². The number of fused-ring (bicyclic) bond motifs is 1. The molecule has 0 aliphatic rings. The van der Waals surface area contributed by atoms with Crippen LogP contribution in [-0.4, -0.2) is 15.1 Å². The van der Waals surface area contributed by atoms with Gasteiger partial charge < -0.3 is 0 Å². The molecule has 1 aromatic heterocycles. The minimum absolute atomic E-state index is 0.0458. The van der Waals surface area contributed by atoms with Crippen LogP contribution in [0.4, 0.5) is 5.69 Å². The maximum atomic E-state index is 10.8. The van der Waals surface area contributed by atoms with Crippen molar-refractivity contribution in [1.29, 1.82) is 0 Å². The Morgan fingerprint density at radius 1 is 1.47 bits per heavy atom. The summed E-state index contributed by atoms with van der Waals surface area (Å²) in [4.78, 5) is 10.3. The van der Waals surface area contributed by atoms with Crippen LogP contribution in [0.1, 0.15) is 5.56 Å². The van der Waals surface area contributed by atoms with Gasteiger partial charge in [-0.05, 0) is 12.5 Å². The second-order valence-corrected chi connectivity index (χ2v) is 3.48. The van der Waals surface area contributed by atoms with E-state index < -0.39 is 4.92 Å². The molecule has 0 radical (unpaired) electrons. The maximum absolute atomic E-state index is 10.8. The van der Waals surface area contributed by atoms with Crippen molar-refractivity contribution in [3.05, 3.63) is 39.0 Å². The van der Waals surface area contributed by atoms with Gasteiger partial charge in [-0.1, -0.05) is 17.7 Å². The Morgan fingerprint density at radius 3 is 2.87 bits per heavy atom. The van der Waals surface area contributed by atoms with Crippen LogP contribution < -0.4 is 0 Å². The van der Waals surface area contributed by atoms with Gasteiger partial charge in [0.1, 0.15) is 10.9 Å². The largest absolute Gasteiger partial charge is 0.280 e. The lowest BCUT2D eigenvalue weighted by atomic mass is 10.1. The van der Waals surface area contributed by atoms with Gasteiger partial charge in [0, 0.05) is 6.07 Å². The first-order valence-electron chi connectivity index (χ1n) is 4.16. The monoisotopic (exact) mass is 223 g/mol. The van der Waals surface area contributed by atoms with E-state index in [2.05, 4.69) is 10.2 Å². The van der Waals surface area contributed by atoms with Gasteiger partial charge in [-0.25, -0.2) is 0 Å². The van der Waals surface area contributed by atoms with Gasteiger partial charge in [0.25, 0.3) is 5.69 Å². The predicted octanol–water partition coefficient (Wildman–Crippen LogP) is 2.50. The summed E-state index contributed by atoms with van der Waals surface area (Å²) in [5.74, 6) is 0. The Hall–Kier alpha value is -1.75. The summed E-state index contributed by atoms with van der Waals surface area (Å²) in [7, 11) is 0. The van der Waals surface area contributed by atoms with Gasteiger partial charge >= 0.3 is 0 Å². The lowest BCUT2D eigenvalue weighted by molar-refractivity contribution is -0.383. The zero-order valence-corrected chi connectivity index (χ0v) is 8.52. The summed E-state index contributed by atoms with van der Waals surface area (Å²) in [6.45, 7) is 1.80. The first kappa shape index (κ1) is 9.79. The molecule has 1 aromatic carbocycles. The average Bonchev–Trinajstić information content (AvgIpc) is 2.19. The quantitative estimate of drug-likeness (QED) is 0.550. The molecule has 2 aromatic rings. The third kappa shape index (κ3) is 1.50. The van der Waals surface area contributed by atoms with Crippen LogP contribution in [0.2, 0.25) is 5.02 Å². The first-order valence-corrected chi connectivity index (χ1v) is 4.54. The number of nitro groups is 1. The molecule has 1 heterocycles. The highest BCUT2D eigenvalue weighted by Gasteiger charge is 2.16. The van der Waals surface area contributed by atoms with Crippen LogP contribution in [0, 0.1) is 17.0 Å². The molecule has 0 spiro atoms. The Labute approximate surface area is 89.8 Å². The summed E-state index contributed by atoms with van der Waals surface area (Å²) >= 11 is 5.87. The third-order valence-corrected chi connectivity index (χ3v) is 2.41. The summed E-state index contributed by atoms with van der Waals surface area (Å²) in [5.41, 5.74) is 1.23. The number of nitro benzene ring substituents is 1. The Bertz CT molecular complexity index is 556.